The van der Waals surface area contributed by atoms with Gasteiger partial charge in [0.15, 0.2) is 0 Å². The first-order chi connectivity index (χ1) is 9.21. The molecule has 0 spiro atoms. The molecule has 106 valence electrons. The fraction of sp³-hybridized carbons (Fsp3) is 0.588. The van der Waals surface area contributed by atoms with Crippen molar-refractivity contribution in [2.45, 2.75) is 52.9 Å². The molecule has 2 nitrogen and oxygen atoms in total. The highest BCUT2D eigenvalue weighted by molar-refractivity contribution is 5.94. The van der Waals surface area contributed by atoms with Gasteiger partial charge in [-0.1, -0.05) is 52.2 Å². The van der Waals surface area contributed by atoms with Crippen LogP contribution in [0.2, 0.25) is 0 Å². The summed E-state index contributed by atoms with van der Waals surface area (Å²) in [5.74, 6) is 0.663. The van der Waals surface area contributed by atoms with E-state index in [9.17, 15) is 4.79 Å². The average Bonchev–Trinajstić information content (AvgIpc) is 2.47. The molecule has 0 fully saturated rings. The molecule has 0 aromatic heterocycles. The van der Waals surface area contributed by atoms with Crippen molar-refractivity contribution in [1.82, 2.24) is 5.32 Å². The highest BCUT2D eigenvalue weighted by atomic mass is 16.1. The van der Waals surface area contributed by atoms with Crippen molar-refractivity contribution in [1.29, 1.82) is 0 Å². The van der Waals surface area contributed by atoms with Gasteiger partial charge in [0, 0.05) is 12.1 Å². The Morgan fingerprint density at radius 3 is 2.37 bits per heavy atom. The zero-order chi connectivity index (χ0) is 14.1. The number of carbonyl (C=O) groups excluding carboxylic acids is 1. The normalized spacial score (nSPS) is 12.2. The summed E-state index contributed by atoms with van der Waals surface area (Å²) in [6, 6.07) is 7.90. The molecule has 19 heavy (non-hydrogen) atoms. The number of benzene rings is 1. The predicted octanol–water partition coefficient (Wildman–Crippen LogP) is 4.20. The van der Waals surface area contributed by atoms with Crippen LogP contribution < -0.4 is 5.32 Å². The van der Waals surface area contributed by atoms with Crippen LogP contribution in [0.25, 0.3) is 0 Å². The standard InChI is InChI=1S/C17H27NO/c1-4-7-8-15(6-3)13-18-17(19)16-11-9-14(5-2)10-12-16/h9-12,15H,4-8,13H2,1-3H3,(H,18,19). The van der Waals surface area contributed by atoms with Gasteiger partial charge in [0.25, 0.3) is 5.91 Å². The summed E-state index contributed by atoms with van der Waals surface area (Å²) in [5, 5.41) is 3.06. The lowest BCUT2D eigenvalue weighted by atomic mass is 9.99. The van der Waals surface area contributed by atoms with Crippen molar-refractivity contribution in [3.05, 3.63) is 35.4 Å². The molecule has 1 aromatic carbocycles. The SMILES string of the molecule is CCCCC(CC)CNC(=O)c1ccc(CC)cc1. The molecule has 1 amide bonds. The third-order valence-corrected chi connectivity index (χ3v) is 3.72. The summed E-state index contributed by atoms with van der Waals surface area (Å²) >= 11 is 0. The molecule has 0 saturated heterocycles. The summed E-state index contributed by atoms with van der Waals surface area (Å²) in [4.78, 5) is 12.0. The Balaban J connectivity index is 2.44. The van der Waals surface area contributed by atoms with Crippen molar-refractivity contribution in [2.24, 2.45) is 5.92 Å². The first-order valence-electron chi connectivity index (χ1n) is 7.58. The van der Waals surface area contributed by atoms with Gasteiger partial charge in [-0.2, -0.15) is 0 Å². The lowest BCUT2D eigenvalue weighted by molar-refractivity contribution is 0.0946. The van der Waals surface area contributed by atoms with Gasteiger partial charge >= 0.3 is 0 Å². The fourth-order valence-electron chi connectivity index (χ4n) is 2.17. The van der Waals surface area contributed by atoms with Crippen LogP contribution in [0.15, 0.2) is 24.3 Å². The zero-order valence-electron chi connectivity index (χ0n) is 12.5. The second-order valence-electron chi connectivity index (χ2n) is 5.18. The maximum absolute atomic E-state index is 12.0. The summed E-state index contributed by atoms with van der Waals surface area (Å²) in [6.45, 7) is 7.32. The topological polar surface area (TPSA) is 29.1 Å². The highest BCUT2D eigenvalue weighted by Crippen LogP contribution is 2.12. The largest absolute Gasteiger partial charge is 0.352 e. The fourth-order valence-corrected chi connectivity index (χ4v) is 2.17. The quantitative estimate of drug-likeness (QED) is 0.746. The first kappa shape index (κ1) is 15.7. The number of hydrogen-bond acceptors (Lipinski definition) is 1. The van der Waals surface area contributed by atoms with Crippen molar-refractivity contribution in [3.8, 4) is 0 Å². The average molecular weight is 261 g/mol. The smallest absolute Gasteiger partial charge is 0.251 e. The number of unbranched alkanes of at least 4 members (excludes halogenated alkanes) is 1. The number of aryl methyl sites for hydroxylation is 1. The van der Waals surface area contributed by atoms with E-state index in [2.05, 4.69) is 26.1 Å². The van der Waals surface area contributed by atoms with Crippen molar-refractivity contribution in [3.63, 3.8) is 0 Å². The van der Waals surface area contributed by atoms with Gasteiger partial charge in [-0.05, 0) is 36.5 Å². The number of hydrogen-bond donors (Lipinski definition) is 1. The molecule has 1 rings (SSSR count). The van der Waals surface area contributed by atoms with E-state index in [-0.39, 0.29) is 5.91 Å². The lowest BCUT2D eigenvalue weighted by Crippen LogP contribution is -2.29. The minimum absolute atomic E-state index is 0.0533. The van der Waals surface area contributed by atoms with Gasteiger partial charge in [-0.3, -0.25) is 4.79 Å². The molecule has 1 aromatic rings. The Morgan fingerprint density at radius 2 is 1.84 bits per heavy atom. The van der Waals surface area contributed by atoms with Crippen LogP contribution in [-0.2, 0) is 6.42 Å². The molecule has 0 aliphatic rings. The Hall–Kier alpha value is -1.31. The minimum atomic E-state index is 0.0533. The number of carbonyl (C=O) groups is 1. The van der Waals surface area contributed by atoms with Gasteiger partial charge in [-0.15, -0.1) is 0 Å². The molecule has 1 atom stereocenters. The second-order valence-corrected chi connectivity index (χ2v) is 5.18. The van der Waals surface area contributed by atoms with E-state index in [0.29, 0.717) is 5.92 Å². The van der Waals surface area contributed by atoms with Crippen LogP contribution >= 0.6 is 0 Å². The third-order valence-electron chi connectivity index (χ3n) is 3.72. The molecule has 0 saturated carbocycles. The number of rotatable bonds is 8. The van der Waals surface area contributed by atoms with E-state index < -0.39 is 0 Å². The van der Waals surface area contributed by atoms with E-state index in [1.54, 1.807) is 0 Å². The predicted molar refractivity (Wildman–Crippen MR) is 81.5 cm³/mol. The molecule has 0 heterocycles. The molecule has 2 heteroatoms. The van der Waals surface area contributed by atoms with Crippen LogP contribution in [0, 0.1) is 5.92 Å². The van der Waals surface area contributed by atoms with Crippen LogP contribution in [0.1, 0.15) is 62.4 Å². The zero-order valence-corrected chi connectivity index (χ0v) is 12.5. The summed E-state index contributed by atoms with van der Waals surface area (Å²) in [6.07, 6.45) is 5.83. The molecule has 1 unspecified atom stereocenters. The Morgan fingerprint density at radius 1 is 1.16 bits per heavy atom. The van der Waals surface area contributed by atoms with Crippen molar-refractivity contribution >= 4 is 5.91 Å². The maximum Gasteiger partial charge on any atom is 0.251 e. The third kappa shape index (κ3) is 5.46. The monoisotopic (exact) mass is 261 g/mol. The first-order valence-corrected chi connectivity index (χ1v) is 7.58. The molecule has 0 bridgehead atoms. The van der Waals surface area contributed by atoms with Gasteiger partial charge in [0.05, 0.1) is 0 Å². The van der Waals surface area contributed by atoms with E-state index in [0.717, 1.165) is 24.9 Å². The summed E-state index contributed by atoms with van der Waals surface area (Å²) < 4.78 is 0. The van der Waals surface area contributed by atoms with E-state index in [1.165, 1.54) is 24.8 Å². The van der Waals surface area contributed by atoms with Gasteiger partial charge in [0.1, 0.15) is 0 Å². The highest BCUT2D eigenvalue weighted by Gasteiger charge is 2.09. The van der Waals surface area contributed by atoms with Crippen LogP contribution in [0.5, 0.6) is 0 Å². The van der Waals surface area contributed by atoms with E-state index in [1.807, 2.05) is 24.3 Å². The Kier molecular flexibility index (Phi) is 7.24. The molecule has 0 radical (unpaired) electrons. The van der Waals surface area contributed by atoms with Crippen LogP contribution in [0.3, 0.4) is 0 Å². The minimum Gasteiger partial charge on any atom is -0.352 e. The van der Waals surface area contributed by atoms with Gasteiger partial charge in [0.2, 0.25) is 0 Å². The van der Waals surface area contributed by atoms with Gasteiger partial charge < -0.3 is 5.32 Å². The molecular formula is C17H27NO. The van der Waals surface area contributed by atoms with Crippen LogP contribution in [-0.4, -0.2) is 12.5 Å². The Bertz CT molecular complexity index is 369. The van der Waals surface area contributed by atoms with Crippen LogP contribution in [0.4, 0.5) is 0 Å². The van der Waals surface area contributed by atoms with Crippen molar-refractivity contribution < 1.29 is 4.79 Å². The lowest BCUT2D eigenvalue weighted by Gasteiger charge is -2.15. The maximum atomic E-state index is 12.0. The number of amides is 1. The summed E-state index contributed by atoms with van der Waals surface area (Å²) in [7, 11) is 0. The Labute approximate surface area is 117 Å². The van der Waals surface area contributed by atoms with E-state index >= 15 is 0 Å². The molecule has 0 aliphatic carbocycles. The number of nitrogens with one attached hydrogen (secondary N) is 1. The van der Waals surface area contributed by atoms with Gasteiger partial charge in [-0.25, -0.2) is 0 Å². The second kappa shape index (κ2) is 8.73. The molecule has 0 aliphatic heterocycles. The molecular weight excluding hydrogens is 234 g/mol. The molecule has 1 N–H and O–H groups in total. The van der Waals surface area contributed by atoms with E-state index in [4.69, 9.17) is 0 Å². The van der Waals surface area contributed by atoms with Crippen molar-refractivity contribution in [2.75, 3.05) is 6.54 Å². The summed E-state index contributed by atoms with van der Waals surface area (Å²) in [5.41, 5.74) is 2.04.